The van der Waals surface area contributed by atoms with Gasteiger partial charge in [-0.1, -0.05) is 41.5 Å². The number of hydrogen-bond acceptors (Lipinski definition) is 3. The molecule has 18 heavy (non-hydrogen) atoms. The van der Waals surface area contributed by atoms with Gasteiger partial charge in [0, 0.05) is 7.11 Å². The first-order chi connectivity index (χ1) is 7.94. The Morgan fingerprint density at radius 1 is 0.944 bits per heavy atom. The van der Waals surface area contributed by atoms with E-state index in [0.717, 1.165) is 6.42 Å². The molecule has 0 rings (SSSR count). The van der Waals surface area contributed by atoms with E-state index in [1.807, 2.05) is 6.92 Å². The van der Waals surface area contributed by atoms with Crippen LogP contribution in [-0.2, 0) is 14.3 Å². The zero-order chi connectivity index (χ0) is 14.6. The van der Waals surface area contributed by atoms with Crippen LogP contribution < -0.4 is 0 Å². The number of ether oxygens (including phenoxy) is 2. The van der Waals surface area contributed by atoms with Crippen molar-refractivity contribution < 1.29 is 14.3 Å². The van der Waals surface area contributed by atoms with Gasteiger partial charge in [-0.25, -0.2) is 0 Å². The van der Waals surface area contributed by atoms with Crippen molar-refractivity contribution in [2.45, 2.75) is 54.9 Å². The molecule has 0 saturated heterocycles. The van der Waals surface area contributed by atoms with Crippen LogP contribution in [0.4, 0.5) is 0 Å². The van der Waals surface area contributed by atoms with E-state index in [2.05, 4.69) is 41.5 Å². The molecule has 108 valence electrons. The fourth-order valence-electron chi connectivity index (χ4n) is 2.08. The van der Waals surface area contributed by atoms with Gasteiger partial charge in [0.15, 0.2) is 0 Å². The molecule has 0 radical (unpaired) electrons. The van der Waals surface area contributed by atoms with Crippen LogP contribution >= 0.6 is 0 Å². The van der Waals surface area contributed by atoms with E-state index < -0.39 is 5.41 Å². The van der Waals surface area contributed by atoms with Crippen molar-refractivity contribution in [3.05, 3.63) is 0 Å². The molecule has 0 heterocycles. The summed E-state index contributed by atoms with van der Waals surface area (Å²) in [5, 5.41) is 0. The van der Waals surface area contributed by atoms with Crippen LogP contribution in [0.1, 0.15) is 54.9 Å². The predicted molar refractivity (Wildman–Crippen MR) is 74.5 cm³/mol. The molecule has 3 nitrogen and oxygen atoms in total. The van der Waals surface area contributed by atoms with Gasteiger partial charge in [0.05, 0.1) is 12.0 Å². The molecule has 0 aliphatic carbocycles. The first-order valence-electron chi connectivity index (χ1n) is 6.60. The van der Waals surface area contributed by atoms with Gasteiger partial charge in [0.1, 0.15) is 6.61 Å². The molecule has 0 aliphatic heterocycles. The topological polar surface area (TPSA) is 35.5 Å². The standard InChI is InChI=1S/C15H30O3/c1-13(2,3)11-15(7,14(4,5)6)12(16)18-10-9-17-8/h9-11H2,1-8H3. The van der Waals surface area contributed by atoms with Crippen molar-refractivity contribution in [3.63, 3.8) is 0 Å². The van der Waals surface area contributed by atoms with E-state index in [9.17, 15) is 4.79 Å². The molecule has 0 aromatic heterocycles. The Balaban J connectivity index is 4.94. The summed E-state index contributed by atoms with van der Waals surface area (Å²) in [6.45, 7) is 15.5. The lowest BCUT2D eigenvalue weighted by Gasteiger charge is -2.43. The number of esters is 1. The largest absolute Gasteiger partial charge is 0.463 e. The van der Waals surface area contributed by atoms with Crippen molar-refractivity contribution >= 4 is 5.97 Å². The van der Waals surface area contributed by atoms with Crippen LogP contribution in [0.5, 0.6) is 0 Å². The third kappa shape index (κ3) is 4.97. The Kier molecular flexibility index (Phi) is 5.86. The van der Waals surface area contributed by atoms with Crippen molar-refractivity contribution in [3.8, 4) is 0 Å². The van der Waals surface area contributed by atoms with E-state index >= 15 is 0 Å². The van der Waals surface area contributed by atoms with Crippen LogP contribution in [0.2, 0.25) is 0 Å². The van der Waals surface area contributed by atoms with Gasteiger partial charge in [-0.3, -0.25) is 4.79 Å². The summed E-state index contributed by atoms with van der Waals surface area (Å²) in [5.74, 6) is -0.123. The zero-order valence-electron chi connectivity index (χ0n) is 13.3. The number of carbonyl (C=O) groups excluding carboxylic acids is 1. The molecule has 0 aliphatic rings. The van der Waals surface area contributed by atoms with Crippen molar-refractivity contribution in [2.24, 2.45) is 16.2 Å². The second-order valence-electron chi connectivity index (χ2n) is 7.45. The first kappa shape index (κ1) is 17.4. The van der Waals surface area contributed by atoms with Crippen LogP contribution in [0.25, 0.3) is 0 Å². The molecule has 0 aromatic carbocycles. The highest BCUT2D eigenvalue weighted by atomic mass is 16.6. The minimum absolute atomic E-state index is 0.0856. The lowest BCUT2D eigenvalue weighted by atomic mass is 9.61. The maximum absolute atomic E-state index is 12.4. The van der Waals surface area contributed by atoms with Gasteiger partial charge < -0.3 is 9.47 Å². The van der Waals surface area contributed by atoms with Gasteiger partial charge in [-0.05, 0) is 24.2 Å². The maximum atomic E-state index is 12.4. The van der Waals surface area contributed by atoms with Crippen molar-refractivity contribution in [1.82, 2.24) is 0 Å². The van der Waals surface area contributed by atoms with Crippen LogP contribution in [0, 0.1) is 16.2 Å². The van der Waals surface area contributed by atoms with Gasteiger partial charge in [0.25, 0.3) is 0 Å². The second-order valence-corrected chi connectivity index (χ2v) is 7.45. The highest BCUT2D eigenvalue weighted by Crippen LogP contribution is 2.47. The molecule has 0 spiro atoms. The molecule has 1 atom stereocenters. The Morgan fingerprint density at radius 2 is 1.44 bits per heavy atom. The Bertz CT molecular complexity index is 270. The average molecular weight is 258 g/mol. The van der Waals surface area contributed by atoms with E-state index in [0.29, 0.717) is 13.2 Å². The van der Waals surface area contributed by atoms with Gasteiger partial charge >= 0.3 is 5.97 Å². The molecule has 0 bridgehead atoms. The van der Waals surface area contributed by atoms with Crippen molar-refractivity contribution in [2.75, 3.05) is 20.3 Å². The van der Waals surface area contributed by atoms with Crippen molar-refractivity contribution in [1.29, 1.82) is 0 Å². The van der Waals surface area contributed by atoms with Crippen LogP contribution in [0.15, 0.2) is 0 Å². The lowest BCUT2D eigenvalue weighted by Crippen LogP contribution is -2.44. The summed E-state index contributed by atoms with van der Waals surface area (Å²) in [4.78, 5) is 12.4. The Hall–Kier alpha value is -0.570. The van der Waals surface area contributed by atoms with E-state index in [1.54, 1.807) is 7.11 Å². The Morgan fingerprint density at radius 3 is 1.78 bits per heavy atom. The fourth-order valence-corrected chi connectivity index (χ4v) is 2.08. The quantitative estimate of drug-likeness (QED) is 0.557. The van der Waals surface area contributed by atoms with Crippen LogP contribution in [-0.4, -0.2) is 26.3 Å². The van der Waals surface area contributed by atoms with E-state index in [4.69, 9.17) is 9.47 Å². The summed E-state index contributed by atoms with van der Waals surface area (Å²) >= 11 is 0. The molecule has 0 aromatic rings. The third-order valence-corrected chi connectivity index (χ3v) is 3.51. The third-order valence-electron chi connectivity index (χ3n) is 3.51. The summed E-state index contributed by atoms with van der Waals surface area (Å²) in [7, 11) is 1.60. The monoisotopic (exact) mass is 258 g/mol. The van der Waals surface area contributed by atoms with Gasteiger partial charge in [-0.2, -0.15) is 0 Å². The van der Waals surface area contributed by atoms with E-state index in [-0.39, 0.29) is 16.8 Å². The maximum Gasteiger partial charge on any atom is 0.312 e. The molecule has 0 saturated carbocycles. The SMILES string of the molecule is COCCOC(=O)C(C)(CC(C)(C)C)C(C)(C)C. The average Bonchev–Trinajstić information content (AvgIpc) is 2.13. The summed E-state index contributed by atoms with van der Waals surface area (Å²) in [6.07, 6.45) is 0.801. The molecule has 1 unspecified atom stereocenters. The summed E-state index contributed by atoms with van der Waals surface area (Å²) < 4.78 is 10.3. The predicted octanol–water partition coefficient (Wildman–Crippen LogP) is 3.66. The van der Waals surface area contributed by atoms with Crippen LogP contribution in [0.3, 0.4) is 0 Å². The molecule has 0 fully saturated rings. The molecular formula is C15H30O3. The smallest absolute Gasteiger partial charge is 0.312 e. The molecule has 3 heteroatoms. The summed E-state index contributed by atoms with van der Waals surface area (Å²) in [6, 6.07) is 0. The number of hydrogen-bond donors (Lipinski definition) is 0. The number of methoxy groups -OCH3 is 1. The van der Waals surface area contributed by atoms with E-state index in [1.165, 1.54) is 0 Å². The number of carbonyl (C=O) groups is 1. The number of rotatable bonds is 5. The fraction of sp³-hybridized carbons (Fsp3) is 0.933. The molecule has 0 N–H and O–H groups in total. The summed E-state index contributed by atoms with van der Waals surface area (Å²) in [5.41, 5.74) is -0.536. The molecule has 0 amide bonds. The molecular weight excluding hydrogens is 228 g/mol. The highest BCUT2D eigenvalue weighted by Gasteiger charge is 2.47. The first-order valence-corrected chi connectivity index (χ1v) is 6.60. The second kappa shape index (κ2) is 6.05. The highest BCUT2D eigenvalue weighted by molar-refractivity contribution is 5.77. The minimum Gasteiger partial charge on any atom is -0.463 e. The normalized spacial score (nSPS) is 16.2. The lowest BCUT2D eigenvalue weighted by molar-refractivity contribution is -0.166. The van der Waals surface area contributed by atoms with Gasteiger partial charge in [0.2, 0.25) is 0 Å². The zero-order valence-corrected chi connectivity index (χ0v) is 13.3. The Labute approximate surface area is 112 Å². The minimum atomic E-state index is -0.487. The van der Waals surface area contributed by atoms with Gasteiger partial charge in [-0.15, -0.1) is 0 Å².